The smallest absolute Gasteiger partial charge is 0.167 e. The summed E-state index contributed by atoms with van der Waals surface area (Å²) in [6.45, 7) is 4.90. The quantitative estimate of drug-likeness (QED) is 0.371. The van der Waals surface area contributed by atoms with Crippen molar-refractivity contribution in [1.29, 1.82) is 0 Å². The molecule has 0 aliphatic carbocycles. The molecule has 0 spiro atoms. The second kappa shape index (κ2) is 9.35. The van der Waals surface area contributed by atoms with E-state index in [0.29, 0.717) is 6.04 Å². The lowest BCUT2D eigenvalue weighted by atomic mass is 9.95. The molecule has 0 aliphatic rings. The SMILES string of the molecule is C=CCC(Cc1ccccc1-c1noc2ccccc12)NCCc1ccccc1. The summed E-state index contributed by atoms with van der Waals surface area (Å²) in [5, 5.41) is 9.13. The van der Waals surface area contributed by atoms with Crippen molar-refractivity contribution in [3.8, 4) is 11.3 Å². The lowest BCUT2D eigenvalue weighted by molar-refractivity contribution is 0.459. The van der Waals surface area contributed by atoms with Gasteiger partial charge in [-0.25, -0.2) is 0 Å². The molecule has 146 valence electrons. The molecular formula is C26H26N2O. The first kappa shape index (κ1) is 19.2. The summed E-state index contributed by atoms with van der Waals surface area (Å²) in [6, 6.07) is 27.4. The summed E-state index contributed by atoms with van der Waals surface area (Å²) in [4.78, 5) is 0. The van der Waals surface area contributed by atoms with E-state index in [1.165, 1.54) is 11.1 Å². The molecule has 0 fully saturated rings. The van der Waals surface area contributed by atoms with Gasteiger partial charge in [-0.1, -0.05) is 78.0 Å². The molecular weight excluding hydrogens is 356 g/mol. The van der Waals surface area contributed by atoms with Crippen molar-refractivity contribution < 1.29 is 4.52 Å². The van der Waals surface area contributed by atoms with Crippen LogP contribution in [0.1, 0.15) is 17.5 Å². The highest BCUT2D eigenvalue weighted by Crippen LogP contribution is 2.31. The molecule has 4 rings (SSSR count). The van der Waals surface area contributed by atoms with E-state index in [-0.39, 0.29) is 0 Å². The van der Waals surface area contributed by atoms with Crippen LogP contribution in [0, 0.1) is 0 Å². The summed E-state index contributed by atoms with van der Waals surface area (Å²) in [5.74, 6) is 0. The number of fused-ring (bicyclic) bond motifs is 1. The summed E-state index contributed by atoms with van der Waals surface area (Å²) in [5.41, 5.74) is 5.49. The Hall–Kier alpha value is -3.17. The minimum atomic E-state index is 0.329. The molecule has 1 unspecified atom stereocenters. The van der Waals surface area contributed by atoms with Crippen molar-refractivity contribution in [2.45, 2.75) is 25.3 Å². The molecule has 3 aromatic carbocycles. The van der Waals surface area contributed by atoms with Gasteiger partial charge in [-0.15, -0.1) is 6.58 Å². The molecule has 1 N–H and O–H groups in total. The zero-order valence-corrected chi connectivity index (χ0v) is 16.6. The van der Waals surface area contributed by atoms with Gasteiger partial charge in [0, 0.05) is 17.0 Å². The van der Waals surface area contributed by atoms with Crippen molar-refractivity contribution in [2.24, 2.45) is 0 Å². The normalized spacial score (nSPS) is 12.1. The van der Waals surface area contributed by atoms with E-state index in [2.05, 4.69) is 77.7 Å². The molecule has 1 aromatic heterocycles. The maximum Gasteiger partial charge on any atom is 0.167 e. The van der Waals surface area contributed by atoms with Crippen LogP contribution in [-0.4, -0.2) is 17.7 Å². The third kappa shape index (κ3) is 4.64. The summed E-state index contributed by atoms with van der Waals surface area (Å²) >= 11 is 0. The van der Waals surface area contributed by atoms with Crippen LogP contribution < -0.4 is 5.32 Å². The van der Waals surface area contributed by atoms with Crippen molar-refractivity contribution in [3.63, 3.8) is 0 Å². The first-order valence-corrected chi connectivity index (χ1v) is 10.2. The fraction of sp³-hybridized carbons (Fsp3) is 0.192. The number of nitrogens with zero attached hydrogens (tertiary/aromatic N) is 1. The predicted molar refractivity (Wildman–Crippen MR) is 120 cm³/mol. The highest BCUT2D eigenvalue weighted by molar-refractivity contribution is 5.92. The lowest BCUT2D eigenvalue weighted by Crippen LogP contribution is -2.32. The first-order chi connectivity index (χ1) is 14.3. The number of nitrogens with one attached hydrogen (secondary N) is 1. The largest absolute Gasteiger partial charge is 0.356 e. The average Bonchev–Trinajstić information content (AvgIpc) is 3.19. The van der Waals surface area contributed by atoms with Crippen LogP contribution in [0.25, 0.3) is 22.2 Å². The number of hydrogen-bond acceptors (Lipinski definition) is 3. The van der Waals surface area contributed by atoms with Gasteiger partial charge in [0.15, 0.2) is 5.58 Å². The van der Waals surface area contributed by atoms with Gasteiger partial charge in [-0.3, -0.25) is 0 Å². The molecule has 0 saturated heterocycles. The fourth-order valence-corrected chi connectivity index (χ4v) is 3.78. The summed E-state index contributed by atoms with van der Waals surface area (Å²) in [6.07, 6.45) is 4.85. The van der Waals surface area contributed by atoms with Gasteiger partial charge in [0.2, 0.25) is 0 Å². The highest BCUT2D eigenvalue weighted by Gasteiger charge is 2.16. The molecule has 0 amide bonds. The Labute approximate surface area is 172 Å². The predicted octanol–water partition coefficient (Wildman–Crippen LogP) is 5.81. The second-order valence-electron chi connectivity index (χ2n) is 7.30. The van der Waals surface area contributed by atoms with Gasteiger partial charge in [0.1, 0.15) is 5.69 Å². The molecule has 1 heterocycles. The van der Waals surface area contributed by atoms with Gasteiger partial charge in [-0.2, -0.15) is 0 Å². The molecule has 4 aromatic rings. The van der Waals surface area contributed by atoms with E-state index in [1.807, 2.05) is 24.3 Å². The van der Waals surface area contributed by atoms with E-state index in [4.69, 9.17) is 4.52 Å². The number of aromatic nitrogens is 1. The minimum absolute atomic E-state index is 0.329. The van der Waals surface area contributed by atoms with Crippen LogP contribution in [0.4, 0.5) is 0 Å². The molecule has 0 radical (unpaired) electrons. The van der Waals surface area contributed by atoms with Crippen LogP contribution in [-0.2, 0) is 12.8 Å². The van der Waals surface area contributed by atoms with Crippen LogP contribution in [0.5, 0.6) is 0 Å². The zero-order valence-electron chi connectivity index (χ0n) is 16.6. The number of rotatable bonds is 9. The number of benzene rings is 3. The second-order valence-corrected chi connectivity index (χ2v) is 7.30. The molecule has 0 aliphatic heterocycles. The fourth-order valence-electron chi connectivity index (χ4n) is 3.78. The van der Waals surface area contributed by atoms with E-state index >= 15 is 0 Å². The molecule has 1 atom stereocenters. The first-order valence-electron chi connectivity index (χ1n) is 10.2. The van der Waals surface area contributed by atoms with E-state index < -0.39 is 0 Å². The number of hydrogen-bond donors (Lipinski definition) is 1. The Morgan fingerprint density at radius 3 is 2.55 bits per heavy atom. The van der Waals surface area contributed by atoms with Crippen molar-refractivity contribution in [2.75, 3.05) is 6.54 Å². The topological polar surface area (TPSA) is 38.1 Å². The van der Waals surface area contributed by atoms with Crippen molar-refractivity contribution in [3.05, 3.63) is 103 Å². The standard InChI is InChI=1S/C26H26N2O/c1-2-10-22(27-18-17-20-11-4-3-5-12-20)19-21-13-6-7-14-23(21)26-24-15-8-9-16-25(24)29-28-26/h2-9,11-16,22,27H,1,10,17-19H2. The van der Waals surface area contributed by atoms with Crippen LogP contribution in [0.2, 0.25) is 0 Å². The van der Waals surface area contributed by atoms with Gasteiger partial charge in [0.25, 0.3) is 0 Å². The Morgan fingerprint density at radius 2 is 1.69 bits per heavy atom. The molecule has 0 saturated carbocycles. The summed E-state index contributed by atoms with van der Waals surface area (Å²) < 4.78 is 5.54. The van der Waals surface area contributed by atoms with Crippen LogP contribution in [0.15, 0.2) is 96.0 Å². The van der Waals surface area contributed by atoms with Gasteiger partial charge in [0.05, 0.1) is 0 Å². The van der Waals surface area contributed by atoms with E-state index in [1.54, 1.807) is 0 Å². The Kier molecular flexibility index (Phi) is 6.18. The Bertz CT molecular complexity index is 1070. The van der Waals surface area contributed by atoms with Gasteiger partial charge < -0.3 is 9.84 Å². The maximum atomic E-state index is 5.54. The molecule has 29 heavy (non-hydrogen) atoms. The lowest BCUT2D eigenvalue weighted by Gasteiger charge is -2.19. The molecule has 0 bridgehead atoms. The zero-order chi connectivity index (χ0) is 19.9. The van der Waals surface area contributed by atoms with E-state index in [9.17, 15) is 0 Å². The van der Waals surface area contributed by atoms with Crippen LogP contribution in [0.3, 0.4) is 0 Å². The average molecular weight is 383 g/mol. The van der Waals surface area contributed by atoms with Crippen molar-refractivity contribution >= 4 is 11.0 Å². The minimum Gasteiger partial charge on any atom is -0.356 e. The van der Waals surface area contributed by atoms with E-state index in [0.717, 1.165) is 48.0 Å². The third-order valence-corrected chi connectivity index (χ3v) is 5.26. The molecule has 3 heteroatoms. The summed E-state index contributed by atoms with van der Waals surface area (Å²) in [7, 11) is 0. The Balaban J connectivity index is 1.52. The Morgan fingerprint density at radius 1 is 0.931 bits per heavy atom. The van der Waals surface area contributed by atoms with Gasteiger partial charge in [-0.05, 0) is 49.1 Å². The molecule has 3 nitrogen and oxygen atoms in total. The van der Waals surface area contributed by atoms with Crippen LogP contribution >= 0.6 is 0 Å². The monoisotopic (exact) mass is 382 g/mol. The third-order valence-electron chi connectivity index (χ3n) is 5.26. The highest BCUT2D eigenvalue weighted by atomic mass is 16.5. The van der Waals surface area contributed by atoms with Crippen molar-refractivity contribution in [1.82, 2.24) is 10.5 Å². The maximum absolute atomic E-state index is 5.54. The van der Waals surface area contributed by atoms with Gasteiger partial charge >= 0.3 is 0 Å². The number of para-hydroxylation sites is 1.